The molecule has 0 aliphatic rings. The lowest BCUT2D eigenvalue weighted by atomic mass is 10.2. The molecule has 3 aromatic rings. The zero-order valence-electron chi connectivity index (χ0n) is 11.1. The molecule has 0 atom stereocenters. The maximum Gasteiger partial charge on any atom is 0.236 e. The summed E-state index contributed by atoms with van der Waals surface area (Å²) in [5.74, 6) is 0. The van der Waals surface area contributed by atoms with Crippen molar-refractivity contribution in [2.45, 2.75) is 0 Å². The Bertz CT molecular complexity index is 767. The molecule has 0 saturated heterocycles. The number of fused-ring (bicyclic) bond motifs is 1. The van der Waals surface area contributed by atoms with Crippen LogP contribution in [-0.2, 0) is 0 Å². The van der Waals surface area contributed by atoms with Crippen molar-refractivity contribution in [2.24, 2.45) is 5.10 Å². The number of aromatic nitrogens is 1. The van der Waals surface area contributed by atoms with E-state index in [2.05, 4.69) is 27.6 Å². The van der Waals surface area contributed by atoms with Crippen LogP contribution in [-0.4, -0.2) is 6.21 Å². The molecule has 0 radical (unpaired) electrons. The van der Waals surface area contributed by atoms with Crippen LogP contribution in [0.4, 0.5) is 5.69 Å². The van der Waals surface area contributed by atoms with Crippen molar-refractivity contribution in [3.8, 4) is 0 Å². The van der Waals surface area contributed by atoms with E-state index in [1.54, 1.807) is 6.21 Å². The van der Waals surface area contributed by atoms with Crippen LogP contribution in [0.25, 0.3) is 10.9 Å². The number of anilines is 1. The fourth-order valence-corrected chi connectivity index (χ4v) is 2.18. The van der Waals surface area contributed by atoms with Gasteiger partial charge < -0.3 is 12.4 Å². The molecule has 0 aliphatic carbocycles. The fraction of sp³-hybridized carbons (Fsp3) is 0. The Hall–Kier alpha value is -2.10. The second-order valence-electron chi connectivity index (χ2n) is 4.33. The summed E-state index contributed by atoms with van der Waals surface area (Å²) in [6, 6.07) is 17.6. The number of rotatable bonds is 3. The van der Waals surface area contributed by atoms with E-state index in [9.17, 15) is 0 Å². The van der Waals surface area contributed by atoms with Gasteiger partial charge in [-0.1, -0.05) is 35.9 Å². The first-order chi connectivity index (χ1) is 9.84. The van der Waals surface area contributed by atoms with Gasteiger partial charge in [0.05, 0.1) is 6.21 Å². The van der Waals surface area contributed by atoms with Crippen molar-refractivity contribution in [2.75, 3.05) is 5.43 Å². The van der Waals surface area contributed by atoms with E-state index >= 15 is 0 Å². The highest BCUT2D eigenvalue weighted by Gasteiger charge is 2.04. The van der Waals surface area contributed by atoms with Gasteiger partial charge >= 0.3 is 0 Å². The zero-order chi connectivity index (χ0) is 13.8. The van der Waals surface area contributed by atoms with Crippen LogP contribution in [0.5, 0.6) is 0 Å². The van der Waals surface area contributed by atoms with E-state index in [1.165, 1.54) is 0 Å². The molecule has 0 saturated carbocycles. The van der Waals surface area contributed by atoms with E-state index in [4.69, 9.17) is 11.6 Å². The Morgan fingerprint density at radius 3 is 2.67 bits per heavy atom. The normalized spacial score (nSPS) is 10.5. The van der Waals surface area contributed by atoms with Crippen molar-refractivity contribution in [3.63, 3.8) is 0 Å². The molecule has 2 aromatic carbocycles. The molecule has 0 spiro atoms. The molecule has 0 aliphatic heterocycles. The summed E-state index contributed by atoms with van der Waals surface area (Å²) in [4.78, 5) is 3.22. The van der Waals surface area contributed by atoms with E-state index in [0.717, 1.165) is 22.2 Å². The fourth-order valence-electron chi connectivity index (χ4n) is 2.00. The Labute approximate surface area is 134 Å². The lowest BCUT2D eigenvalue weighted by Crippen LogP contribution is -3.00. The Kier molecular flexibility index (Phi) is 5.14. The zero-order valence-corrected chi connectivity index (χ0v) is 12.6. The van der Waals surface area contributed by atoms with Crippen LogP contribution in [0.3, 0.4) is 0 Å². The van der Waals surface area contributed by atoms with Gasteiger partial charge in [0.25, 0.3) is 0 Å². The summed E-state index contributed by atoms with van der Waals surface area (Å²) >= 11 is 6.08. The summed E-state index contributed by atoms with van der Waals surface area (Å²) < 4.78 is 0. The first-order valence-electron chi connectivity index (χ1n) is 6.27. The summed E-state index contributed by atoms with van der Waals surface area (Å²) in [6.07, 6.45) is 3.61. The lowest BCUT2D eigenvalue weighted by Gasteiger charge is -2.01. The highest BCUT2D eigenvalue weighted by atomic mass is 35.5. The predicted octanol–water partition coefficient (Wildman–Crippen LogP) is 0.757. The average molecular weight is 318 g/mol. The molecular formula is C16H13Cl2N3. The van der Waals surface area contributed by atoms with Crippen molar-refractivity contribution in [3.05, 3.63) is 71.4 Å². The average Bonchev–Trinajstić information content (AvgIpc) is 2.49. The number of para-hydroxylation sites is 1. The Balaban J connectivity index is 0.00000161. The van der Waals surface area contributed by atoms with Crippen molar-refractivity contribution in [1.82, 2.24) is 0 Å². The second kappa shape index (κ2) is 7.07. The smallest absolute Gasteiger partial charge is 0.236 e. The van der Waals surface area contributed by atoms with Crippen LogP contribution < -0.4 is 22.8 Å². The lowest BCUT2D eigenvalue weighted by molar-refractivity contribution is -0.344. The molecule has 1 aromatic heterocycles. The number of hydrazone groups is 1. The molecule has 0 unspecified atom stereocenters. The number of nitrogens with one attached hydrogen (secondary N) is 2. The van der Waals surface area contributed by atoms with Crippen LogP contribution >= 0.6 is 11.6 Å². The second-order valence-corrected chi connectivity index (χ2v) is 4.74. The van der Waals surface area contributed by atoms with Crippen molar-refractivity contribution < 1.29 is 17.4 Å². The monoisotopic (exact) mass is 317 g/mol. The molecule has 3 nitrogen and oxygen atoms in total. The van der Waals surface area contributed by atoms with Crippen molar-refractivity contribution >= 4 is 34.4 Å². The van der Waals surface area contributed by atoms with E-state index in [0.29, 0.717) is 5.02 Å². The standard InChI is InChI=1S/C16H12ClN3.ClH/c17-14-8-2-1-5-13(14)11-19-20-15-9-3-6-12-7-4-10-18-16(12)15;/h1-11,20H;1H. The molecule has 0 amide bonds. The Morgan fingerprint density at radius 1 is 1.00 bits per heavy atom. The maximum atomic E-state index is 6.08. The maximum absolute atomic E-state index is 6.08. The van der Waals surface area contributed by atoms with Gasteiger partial charge in [0.1, 0.15) is 5.69 Å². The van der Waals surface area contributed by atoms with Crippen molar-refractivity contribution in [1.29, 1.82) is 0 Å². The summed E-state index contributed by atoms with van der Waals surface area (Å²) in [5.41, 5.74) is 5.87. The first-order valence-corrected chi connectivity index (χ1v) is 6.65. The van der Waals surface area contributed by atoms with Crippen LogP contribution in [0.2, 0.25) is 5.02 Å². The quantitative estimate of drug-likeness (QED) is 0.562. The molecule has 3 rings (SSSR count). The van der Waals surface area contributed by atoms with Gasteiger partial charge in [0, 0.05) is 22.0 Å². The third-order valence-electron chi connectivity index (χ3n) is 2.99. The molecule has 5 heteroatoms. The van der Waals surface area contributed by atoms with E-state index in [1.807, 2.05) is 48.7 Å². The van der Waals surface area contributed by atoms with E-state index in [-0.39, 0.29) is 12.4 Å². The topological polar surface area (TPSA) is 38.5 Å². The predicted molar refractivity (Wildman–Crippen MR) is 83.2 cm³/mol. The molecule has 1 heterocycles. The minimum absolute atomic E-state index is 0. The van der Waals surface area contributed by atoms with Crippen LogP contribution in [0.15, 0.2) is 65.9 Å². The first kappa shape index (κ1) is 15.3. The molecule has 106 valence electrons. The van der Waals surface area contributed by atoms with Crippen LogP contribution in [0.1, 0.15) is 5.56 Å². The summed E-state index contributed by atoms with van der Waals surface area (Å²) in [7, 11) is 0. The number of nitrogens with zero attached hydrogens (tertiary/aromatic N) is 1. The third kappa shape index (κ3) is 3.51. The van der Waals surface area contributed by atoms with Gasteiger partial charge in [-0.3, -0.25) is 5.43 Å². The van der Waals surface area contributed by atoms with Crippen LogP contribution in [0, 0.1) is 0 Å². The molecule has 21 heavy (non-hydrogen) atoms. The SMILES string of the molecule is Clc1ccccc1C=NNc1cccc2ccc[nH+]c12.[Cl-]. The molecule has 2 N–H and O–H groups in total. The highest BCUT2D eigenvalue weighted by Crippen LogP contribution is 2.18. The Morgan fingerprint density at radius 2 is 1.81 bits per heavy atom. The van der Waals surface area contributed by atoms with Gasteiger partial charge in [0.2, 0.25) is 5.52 Å². The molecule has 0 bridgehead atoms. The minimum atomic E-state index is 0. The highest BCUT2D eigenvalue weighted by molar-refractivity contribution is 6.33. The number of hydrogen-bond acceptors (Lipinski definition) is 2. The van der Waals surface area contributed by atoms with Gasteiger partial charge in [-0.05, 0) is 24.3 Å². The summed E-state index contributed by atoms with van der Waals surface area (Å²) in [5, 5.41) is 6.06. The van der Waals surface area contributed by atoms with Gasteiger partial charge in [-0.2, -0.15) is 5.10 Å². The summed E-state index contributed by atoms with van der Waals surface area (Å²) in [6.45, 7) is 0. The molecular weight excluding hydrogens is 305 g/mol. The number of H-pyrrole nitrogens is 1. The number of aromatic amines is 1. The number of benzene rings is 2. The molecule has 0 fully saturated rings. The number of hydrogen-bond donors (Lipinski definition) is 1. The van der Waals surface area contributed by atoms with Gasteiger partial charge in [-0.15, -0.1) is 0 Å². The third-order valence-corrected chi connectivity index (χ3v) is 3.33. The van der Waals surface area contributed by atoms with Gasteiger partial charge in [-0.25, -0.2) is 4.98 Å². The van der Waals surface area contributed by atoms with Gasteiger partial charge in [0.15, 0.2) is 6.20 Å². The number of pyridine rings is 1. The van der Waals surface area contributed by atoms with E-state index < -0.39 is 0 Å². The minimum Gasteiger partial charge on any atom is -1.00 e. The number of halogens is 2. The largest absolute Gasteiger partial charge is 1.00 e.